The Morgan fingerprint density at radius 3 is 1.14 bits per heavy atom. The Morgan fingerprint density at radius 1 is 0.592 bits per heavy atom. The number of aliphatic hydroxyl groups is 2. The van der Waals surface area contributed by atoms with Crippen molar-refractivity contribution in [3.8, 4) is 0 Å². The molecule has 0 spiro atoms. The van der Waals surface area contributed by atoms with Gasteiger partial charge in [0, 0.05) is 44.8 Å². The van der Waals surface area contributed by atoms with E-state index in [4.69, 9.17) is 15.2 Å². The molecule has 0 rings (SSSR count). The van der Waals surface area contributed by atoms with Crippen LogP contribution in [0, 0.1) is 0 Å². The van der Waals surface area contributed by atoms with Crippen LogP contribution in [0.5, 0.6) is 0 Å². The van der Waals surface area contributed by atoms with Crippen LogP contribution in [-0.4, -0.2) is 77.5 Å². The molecule has 2 amide bonds. The summed E-state index contributed by atoms with van der Waals surface area (Å²) in [5.74, 6) is -0.685. The molecular formula is C38H103N3O8. The molecule has 6 N–H and O–H groups in total. The highest BCUT2D eigenvalue weighted by Crippen LogP contribution is 2.14. The van der Waals surface area contributed by atoms with Crippen LogP contribution in [0.1, 0.15) is 190 Å². The number of carbonyl (C=O) groups excluding carboxylic acids is 4. The van der Waals surface area contributed by atoms with E-state index in [2.05, 4.69) is 10.6 Å². The second-order valence-electron chi connectivity index (χ2n) is 8.91. The van der Waals surface area contributed by atoms with Crippen molar-refractivity contribution in [2.24, 2.45) is 5.73 Å². The first-order chi connectivity index (χ1) is 16.4. The van der Waals surface area contributed by atoms with Gasteiger partial charge in [-0.15, -0.1) is 0 Å². The summed E-state index contributed by atoms with van der Waals surface area (Å²) in [7, 11) is 0. The lowest BCUT2D eigenvalue weighted by molar-refractivity contribution is -0.149. The van der Waals surface area contributed by atoms with Gasteiger partial charge in [0.2, 0.25) is 12.8 Å². The largest absolute Gasteiger partial charge is 0.462 e. The molecule has 0 saturated carbocycles. The normalized spacial score (nSPS) is 11.9. The van der Waals surface area contributed by atoms with Gasteiger partial charge in [0.25, 0.3) is 0 Å². The summed E-state index contributed by atoms with van der Waals surface area (Å²) in [6.07, 6.45) is 3.01. The average Bonchev–Trinajstić information content (AvgIpc) is 2.72. The van der Waals surface area contributed by atoms with E-state index in [1.807, 2.05) is 27.7 Å². The second-order valence-corrected chi connectivity index (χ2v) is 8.91. The number of hydrogen-bond donors (Lipinski definition) is 5. The van der Waals surface area contributed by atoms with Crippen LogP contribution < -0.4 is 16.4 Å². The molecule has 318 valence electrons. The number of amides is 2. The Morgan fingerprint density at radius 2 is 0.898 bits per heavy atom. The summed E-state index contributed by atoms with van der Waals surface area (Å²) in [5, 5.41) is 24.9. The topological polar surface area (TPSA) is 177 Å². The van der Waals surface area contributed by atoms with Gasteiger partial charge >= 0.3 is 11.9 Å². The van der Waals surface area contributed by atoms with Gasteiger partial charge in [0.05, 0.1) is 12.2 Å². The van der Waals surface area contributed by atoms with E-state index < -0.39 is 12.2 Å². The monoisotopic (exact) mass is 730 g/mol. The Kier molecular flexibility index (Phi) is 136. The van der Waals surface area contributed by atoms with E-state index in [1.165, 1.54) is 13.8 Å². The van der Waals surface area contributed by atoms with Crippen LogP contribution in [0.3, 0.4) is 0 Å². The van der Waals surface area contributed by atoms with Gasteiger partial charge in [-0.1, -0.05) is 118 Å². The van der Waals surface area contributed by atoms with Crippen molar-refractivity contribution < 1.29 is 38.9 Å². The molecule has 7 atom stereocenters. The van der Waals surface area contributed by atoms with Crippen LogP contribution >= 0.6 is 0 Å². The molecule has 0 bridgehead atoms. The first-order valence-electron chi connectivity index (χ1n) is 12.2. The maximum absolute atomic E-state index is 10.9. The molecule has 0 radical (unpaired) electrons. The van der Waals surface area contributed by atoms with E-state index in [9.17, 15) is 29.4 Å². The molecule has 0 saturated heterocycles. The molecule has 11 heteroatoms. The molecular weight excluding hydrogens is 626 g/mol. The Bertz CT molecular complexity index is 597. The number of aliphatic hydroxyl groups excluding tert-OH is 2. The number of nitrogens with two attached hydrogens (primary N) is 1. The van der Waals surface area contributed by atoms with Gasteiger partial charge < -0.3 is 36.1 Å². The minimum Gasteiger partial charge on any atom is -0.462 e. The third-order valence-electron chi connectivity index (χ3n) is 5.14. The molecule has 11 nitrogen and oxygen atoms in total. The number of esters is 2. The van der Waals surface area contributed by atoms with Crippen LogP contribution in [0.25, 0.3) is 0 Å². The van der Waals surface area contributed by atoms with Crippen molar-refractivity contribution in [1.82, 2.24) is 10.6 Å². The number of carbonyl (C=O) groups is 4. The van der Waals surface area contributed by atoms with E-state index in [0.717, 1.165) is 0 Å². The van der Waals surface area contributed by atoms with Gasteiger partial charge in [-0.05, 0) is 46.0 Å². The highest BCUT2D eigenvalue weighted by molar-refractivity contribution is 5.66. The third-order valence-corrected chi connectivity index (χ3v) is 5.14. The smallest absolute Gasteiger partial charge is 0.302 e. The predicted octanol–water partition coefficient (Wildman–Crippen LogP) is 9.83. The fourth-order valence-corrected chi connectivity index (χ4v) is 3.56. The molecule has 0 aromatic carbocycles. The Hall–Kier alpha value is -2.24. The molecule has 0 aromatic rings. The van der Waals surface area contributed by atoms with Gasteiger partial charge in [-0.25, -0.2) is 0 Å². The minimum absolute atomic E-state index is 0. The summed E-state index contributed by atoms with van der Waals surface area (Å²) >= 11 is 0. The highest BCUT2D eigenvalue weighted by atomic mass is 16.5. The molecule has 0 aliphatic heterocycles. The maximum Gasteiger partial charge on any atom is 0.302 e. The van der Waals surface area contributed by atoms with Gasteiger partial charge in [0.1, 0.15) is 12.2 Å². The zero-order valence-corrected chi connectivity index (χ0v) is 22.1. The summed E-state index contributed by atoms with van der Waals surface area (Å²) in [5.41, 5.74) is 5.69. The first-order valence-corrected chi connectivity index (χ1v) is 12.2. The fourth-order valence-electron chi connectivity index (χ4n) is 3.56. The van der Waals surface area contributed by atoms with E-state index in [-0.39, 0.29) is 146 Å². The Balaban J connectivity index is -0.0000000249. The van der Waals surface area contributed by atoms with Gasteiger partial charge in [0.15, 0.2) is 0 Å². The molecule has 0 aliphatic carbocycles. The quantitative estimate of drug-likeness (QED) is 0.0678. The molecule has 0 aliphatic rings. The van der Waals surface area contributed by atoms with Gasteiger partial charge in [-0.3, -0.25) is 19.2 Å². The number of rotatable bonds is 18. The van der Waals surface area contributed by atoms with Crippen molar-refractivity contribution in [2.45, 2.75) is 233 Å². The van der Waals surface area contributed by atoms with Crippen molar-refractivity contribution in [2.75, 3.05) is 0 Å². The molecule has 0 heterocycles. The van der Waals surface area contributed by atoms with Crippen LogP contribution in [0.4, 0.5) is 0 Å². The summed E-state index contributed by atoms with van der Waals surface area (Å²) in [6, 6.07) is -0.301. The summed E-state index contributed by atoms with van der Waals surface area (Å²) in [6.45, 7) is 10.1. The highest BCUT2D eigenvalue weighted by Gasteiger charge is 2.20. The predicted molar refractivity (Wildman–Crippen MR) is 226 cm³/mol. The lowest BCUT2D eigenvalue weighted by atomic mass is 9.98. The zero-order chi connectivity index (χ0) is 27.4. The third kappa shape index (κ3) is 68.5. The van der Waals surface area contributed by atoms with E-state index in [1.54, 1.807) is 0 Å². The van der Waals surface area contributed by atoms with Crippen molar-refractivity contribution >= 4 is 24.8 Å². The molecule has 7 unspecified atom stereocenters. The van der Waals surface area contributed by atoms with E-state index in [0.29, 0.717) is 57.8 Å². The number of nitrogens with one attached hydrogen (secondary N) is 2. The average molecular weight is 730 g/mol. The fraction of sp³-hybridized carbons (Fsp3) is 0.895. The maximum atomic E-state index is 10.9. The molecule has 49 heavy (non-hydrogen) atoms. The van der Waals surface area contributed by atoms with Gasteiger partial charge in [-0.2, -0.15) is 0 Å². The second kappa shape index (κ2) is 64.3. The van der Waals surface area contributed by atoms with Crippen LogP contribution in [0.2, 0.25) is 0 Å². The summed E-state index contributed by atoms with van der Waals surface area (Å²) < 4.78 is 10.1. The van der Waals surface area contributed by atoms with Crippen molar-refractivity contribution in [1.29, 1.82) is 0 Å². The number of hydrogen-bond acceptors (Lipinski definition) is 9. The lowest BCUT2D eigenvalue weighted by Crippen LogP contribution is -2.37. The first kappa shape index (κ1) is 103. The molecule has 0 aromatic heterocycles. The van der Waals surface area contributed by atoms with Crippen molar-refractivity contribution in [3.63, 3.8) is 0 Å². The molecule has 0 fully saturated rings. The van der Waals surface area contributed by atoms with E-state index >= 15 is 0 Å². The SMILES string of the molecule is C.C.C.C.C.C.C.C.C.C.C.C.C.C.CCC(CC(O)CC(C)NC=O)OC(C)=O.CCC(CC(O)CC(CC(C)N)NC=O)OC(C)=O. The van der Waals surface area contributed by atoms with Crippen molar-refractivity contribution in [3.05, 3.63) is 0 Å². The Labute approximate surface area is 312 Å². The lowest BCUT2D eigenvalue weighted by Gasteiger charge is -2.24. The van der Waals surface area contributed by atoms with Crippen LogP contribution in [-0.2, 0) is 28.7 Å². The minimum atomic E-state index is -0.638. The zero-order valence-electron chi connectivity index (χ0n) is 22.1. The number of ether oxygens (including phenoxy) is 2. The standard InChI is InChI=1S/C13H26N2O4.C11H21NO4.14CH4/c1-4-13(19-10(3)17)7-12(18)6-11(15-8-16)5-9(2)14;1-4-11(16-9(3)14)6-10(15)5-8(2)12-7-13;;;;;;;;;;;;;;/h8-9,11-13,18H,4-7,14H2,1-3H3,(H,15,16);7-8,10-11,15H,4-6H2,1-3H3,(H,12,13);14*1H4. The summed E-state index contributed by atoms with van der Waals surface area (Å²) in [4.78, 5) is 42.3. The van der Waals surface area contributed by atoms with Crippen LogP contribution in [0.15, 0.2) is 0 Å².